The number of carbonyl (C=O) groups is 1. The Morgan fingerprint density at radius 1 is 1.58 bits per heavy atom. The van der Waals surface area contributed by atoms with Gasteiger partial charge in [-0.05, 0) is 26.2 Å². The average molecular weight is 283 g/mol. The third kappa shape index (κ3) is 4.91. The number of thiazole rings is 1. The van der Waals surface area contributed by atoms with E-state index in [1.165, 1.54) is 12.8 Å². The lowest BCUT2D eigenvalue weighted by Crippen LogP contribution is -2.21. The zero-order valence-electron chi connectivity index (χ0n) is 11.4. The number of rotatable bonds is 6. The van der Waals surface area contributed by atoms with E-state index in [4.69, 9.17) is 9.47 Å². The summed E-state index contributed by atoms with van der Waals surface area (Å²) in [4.78, 5) is 15.8. The molecule has 0 aromatic carbocycles. The van der Waals surface area contributed by atoms with E-state index >= 15 is 0 Å². The first-order chi connectivity index (χ1) is 9.28. The predicted molar refractivity (Wildman–Crippen MR) is 74.4 cm³/mol. The lowest BCUT2D eigenvalue weighted by molar-refractivity contribution is -0.143. The van der Waals surface area contributed by atoms with Crippen molar-refractivity contribution in [3.63, 3.8) is 0 Å². The van der Waals surface area contributed by atoms with Crippen molar-refractivity contribution >= 4 is 17.3 Å². The Morgan fingerprint density at radius 3 is 3.21 bits per heavy atom. The van der Waals surface area contributed by atoms with Crippen molar-refractivity contribution < 1.29 is 14.3 Å². The third-order valence-electron chi connectivity index (χ3n) is 3.17. The lowest BCUT2D eigenvalue weighted by atomic mass is 10.1. The van der Waals surface area contributed by atoms with E-state index in [-0.39, 0.29) is 5.97 Å². The van der Waals surface area contributed by atoms with Crippen molar-refractivity contribution in [2.75, 3.05) is 13.2 Å². The van der Waals surface area contributed by atoms with Gasteiger partial charge in [-0.3, -0.25) is 4.79 Å². The summed E-state index contributed by atoms with van der Waals surface area (Å²) in [6.07, 6.45) is 5.89. The number of esters is 1. The molecule has 0 N–H and O–H groups in total. The summed E-state index contributed by atoms with van der Waals surface area (Å²) >= 11 is 1.66. The van der Waals surface area contributed by atoms with Crippen LogP contribution < -0.4 is 0 Å². The van der Waals surface area contributed by atoms with E-state index in [0.29, 0.717) is 25.6 Å². The summed E-state index contributed by atoms with van der Waals surface area (Å²) in [5, 5.41) is 3.16. The fraction of sp³-hybridized carbons (Fsp3) is 0.714. The SMILES string of the molecule is CCOC(=O)CCc1csc(CC2CCCCO2)n1. The zero-order valence-corrected chi connectivity index (χ0v) is 12.2. The van der Waals surface area contributed by atoms with Crippen LogP contribution in [0.2, 0.25) is 0 Å². The Morgan fingerprint density at radius 2 is 2.47 bits per heavy atom. The smallest absolute Gasteiger partial charge is 0.306 e. The Labute approximate surface area is 118 Å². The first-order valence-electron chi connectivity index (χ1n) is 6.98. The van der Waals surface area contributed by atoms with Gasteiger partial charge in [-0.15, -0.1) is 11.3 Å². The summed E-state index contributed by atoms with van der Waals surface area (Å²) in [6, 6.07) is 0. The van der Waals surface area contributed by atoms with Gasteiger partial charge in [0.1, 0.15) is 0 Å². The Hall–Kier alpha value is -0.940. The molecular formula is C14H21NO3S. The molecule has 0 amide bonds. The standard InChI is InChI=1S/C14H21NO3S/c1-2-17-14(16)7-6-11-10-19-13(15-11)9-12-5-3-4-8-18-12/h10,12H,2-9H2,1H3. The maximum atomic E-state index is 11.3. The van der Waals surface area contributed by atoms with Crippen LogP contribution in [0.5, 0.6) is 0 Å². The maximum absolute atomic E-state index is 11.3. The first kappa shape index (κ1) is 14.5. The highest BCUT2D eigenvalue weighted by Crippen LogP contribution is 2.20. The van der Waals surface area contributed by atoms with Gasteiger partial charge in [0.05, 0.1) is 29.8 Å². The van der Waals surface area contributed by atoms with Crippen LogP contribution in [0.25, 0.3) is 0 Å². The van der Waals surface area contributed by atoms with Gasteiger partial charge in [0.2, 0.25) is 0 Å². The number of nitrogens with zero attached hydrogens (tertiary/aromatic N) is 1. The second-order valence-corrected chi connectivity index (χ2v) is 5.67. The van der Waals surface area contributed by atoms with E-state index in [2.05, 4.69) is 4.98 Å². The highest BCUT2D eigenvalue weighted by molar-refractivity contribution is 7.09. The fourth-order valence-corrected chi connectivity index (χ4v) is 3.08. The Bertz CT molecular complexity index is 399. The van der Waals surface area contributed by atoms with Crippen LogP contribution in [-0.2, 0) is 27.1 Å². The monoisotopic (exact) mass is 283 g/mol. The van der Waals surface area contributed by atoms with Crippen molar-refractivity contribution in [1.82, 2.24) is 4.98 Å². The summed E-state index contributed by atoms with van der Waals surface area (Å²) in [6.45, 7) is 3.15. The molecule has 4 nitrogen and oxygen atoms in total. The second-order valence-electron chi connectivity index (χ2n) is 4.73. The molecule has 0 spiro atoms. The molecular weight excluding hydrogens is 262 g/mol. The average Bonchev–Trinajstić information content (AvgIpc) is 2.86. The molecule has 1 aromatic heterocycles. The zero-order chi connectivity index (χ0) is 13.5. The van der Waals surface area contributed by atoms with Crippen molar-refractivity contribution in [1.29, 1.82) is 0 Å². The van der Waals surface area contributed by atoms with Crippen LogP contribution in [0, 0.1) is 0 Å². The van der Waals surface area contributed by atoms with Crippen molar-refractivity contribution in [2.24, 2.45) is 0 Å². The van der Waals surface area contributed by atoms with Crippen LogP contribution in [0.15, 0.2) is 5.38 Å². The molecule has 106 valence electrons. The topological polar surface area (TPSA) is 48.4 Å². The molecule has 1 unspecified atom stereocenters. The number of aryl methyl sites for hydroxylation is 1. The fourth-order valence-electron chi connectivity index (χ4n) is 2.18. The van der Waals surface area contributed by atoms with E-state index < -0.39 is 0 Å². The summed E-state index contributed by atoms with van der Waals surface area (Å²) in [7, 11) is 0. The molecule has 0 saturated carbocycles. The molecule has 1 fully saturated rings. The lowest BCUT2D eigenvalue weighted by Gasteiger charge is -2.21. The maximum Gasteiger partial charge on any atom is 0.306 e. The minimum Gasteiger partial charge on any atom is -0.466 e. The molecule has 0 aliphatic carbocycles. The van der Waals surface area contributed by atoms with Crippen molar-refractivity contribution in [3.05, 3.63) is 16.1 Å². The number of hydrogen-bond donors (Lipinski definition) is 0. The molecule has 0 radical (unpaired) electrons. The molecule has 2 rings (SSSR count). The minimum atomic E-state index is -0.146. The van der Waals surface area contributed by atoms with Crippen molar-refractivity contribution in [3.8, 4) is 0 Å². The third-order valence-corrected chi connectivity index (χ3v) is 4.09. The van der Waals surface area contributed by atoms with E-state index in [1.807, 2.05) is 12.3 Å². The van der Waals surface area contributed by atoms with Crippen molar-refractivity contribution in [2.45, 2.75) is 51.6 Å². The summed E-state index contributed by atoms with van der Waals surface area (Å²) in [5.41, 5.74) is 0.990. The molecule has 19 heavy (non-hydrogen) atoms. The summed E-state index contributed by atoms with van der Waals surface area (Å²) < 4.78 is 10.6. The van der Waals surface area contributed by atoms with Crippen LogP contribution >= 0.6 is 11.3 Å². The van der Waals surface area contributed by atoms with Gasteiger partial charge in [-0.1, -0.05) is 0 Å². The van der Waals surface area contributed by atoms with E-state index in [1.54, 1.807) is 11.3 Å². The van der Waals surface area contributed by atoms with Crippen LogP contribution in [0.4, 0.5) is 0 Å². The van der Waals surface area contributed by atoms with Crippen LogP contribution in [0.1, 0.15) is 43.3 Å². The summed E-state index contributed by atoms with van der Waals surface area (Å²) in [5.74, 6) is -0.146. The van der Waals surface area contributed by atoms with Gasteiger partial charge < -0.3 is 9.47 Å². The number of carbonyl (C=O) groups excluding carboxylic acids is 1. The van der Waals surface area contributed by atoms with E-state index in [0.717, 1.165) is 30.2 Å². The van der Waals surface area contributed by atoms with Gasteiger partial charge in [0.25, 0.3) is 0 Å². The van der Waals surface area contributed by atoms with Gasteiger partial charge in [-0.25, -0.2) is 4.98 Å². The molecule has 5 heteroatoms. The van der Waals surface area contributed by atoms with Gasteiger partial charge in [0, 0.05) is 24.8 Å². The van der Waals surface area contributed by atoms with E-state index in [9.17, 15) is 4.79 Å². The predicted octanol–water partition coefficient (Wildman–Crippen LogP) is 2.75. The Kier molecular flexibility index (Phi) is 5.79. The van der Waals surface area contributed by atoms with Gasteiger partial charge in [-0.2, -0.15) is 0 Å². The van der Waals surface area contributed by atoms with Gasteiger partial charge >= 0.3 is 5.97 Å². The molecule has 1 saturated heterocycles. The normalized spacial score (nSPS) is 19.3. The molecule has 1 aromatic rings. The molecule has 1 aliphatic heterocycles. The number of hydrogen-bond acceptors (Lipinski definition) is 5. The van der Waals surface area contributed by atoms with Crippen LogP contribution in [-0.4, -0.2) is 30.3 Å². The minimum absolute atomic E-state index is 0.146. The highest BCUT2D eigenvalue weighted by Gasteiger charge is 2.16. The molecule has 1 aliphatic rings. The second kappa shape index (κ2) is 7.60. The van der Waals surface area contributed by atoms with Gasteiger partial charge in [0.15, 0.2) is 0 Å². The highest BCUT2D eigenvalue weighted by atomic mass is 32.1. The largest absolute Gasteiger partial charge is 0.466 e. The number of ether oxygens (including phenoxy) is 2. The molecule has 0 bridgehead atoms. The first-order valence-corrected chi connectivity index (χ1v) is 7.86. The molecule has 1 atom stereocenters. The number of aromatic nitrogens is 1. The van der Waals surface area contributed by atoms with Crippen LogP contribution in [0.3, 0.4) is 0 Å². The quantitative estimate of drug-likeness (QED) is 0.753. The molecule has 2 heterocycles. The Balaban J connectivity index is 1.76.